The van der Waals surface area contributed by atoms with Crippen molar-refractivity contribution in [1.82, 2.24) is 4.90 Å². The largest absolute Gasteiger partial charge is 0.341 e. The van der Waals surface area contributed by atoms with E-state index in [-0.39, 0.29) is 5.56 Å². The molecule has 1 aliphatic carbocycles. The maximum absolute atomic E-state index is 13.5. The van der Waals surface area contributed by atoms with Crippen molar-refractivity contribution >= 4 is 5.91 Å². The number of hydrogen-bond acceptors (Lipinski definition) is 1. The quantitative estimate of drug-likeness (QED) is 0.810. The molecule has 0 aliphatic heterocycles. The number of halogens is 2. The predicted octanol–water partition coefficient (Wildman–Crippen LogP) is 3.23. The fourth-order valence-corrected chi connectivity index (χ4v) is 2.54. The van der Waals surface area contributed by atoms with E-state index in [9.17, 15) is 13.6 Å². The van der Waals surface area contributed by atoms with Crippen LogP contribution < -0.4 is 0 Å². The Bertz CT molecular complexity index is 441. The van der Waals surface area contributed by atoms with Gasteiger partial charge in [-0.3, -0.25) is 4.79 Å². The Hall–Kier alpha value is -1.45. The molecule has 2 rings (SSSR count). The molecule has 1 amide bonds. The monoisotopic (exact) mass is 253 g/mol. The number of nitrogens with zero attached hydrogens (tertiary/aromatic N) is 1. The van der Waals surface area contributed by atoms with E-state index in [1.54, 1.807) is 7.05 Å². The first-order valence-corrected chi connectivity index (χ1v) is 6.29. The summed E-state index contributed by atoms with van der Waals surface area (Å²) in [4.78, 5) is 13.5. The molecular weight excluding hydrogens is 236 g/mol. The summed E-state index contributed by atoms with van der Waals surface area (Å²) < 4.78 is 26.6. The van der Waals surface area contributed by atoms with Gasteiger partial charge >= 0.3 is 0 Å². The number of carbonyl (C=O) groups excluding carboxylic acids is 1. The van der Waals surface area contributed by atoms with Crippen LogP contribution in [0.3, 0.4) is 0 Å². The predicted molar refractivity (Wildman–Crippen MR) is 65.3 cm³/mol. The maximum atomic E-state index is 13.5. The van der Waals surface area contributed by atoms with E-state index in [0.717, 1.165) is 18.9 Å². The summed E-state index contributed by atoms with van der Waals surface area (Å²) >= 11 is 0. The van der Waals surface area contributed by atoms with Gasteiger partial charge in [-0.05, 0) is 30.9 Å². The fraction of sp³-hybridized carbons (Fsp3) is 0.500. The van der Waals surface area contributed by atoms with Crippen LogP contribution >= 0.6 is 0 Å². The van der Waals surface area contributed by atoms with Crippen LogP contribution in [0, 0.1) is 17.6 Å². The molecule has 98 valence electrons. The van der Waals surface area contributed by atoms with Crippen molar-refractivity contribution in [2.75, 3.05) is 13.6 Å². The molecule has 0 atom stereocenters. The van der Waals surface area contributed by atoms with Crippen molar-refractivity contribution in [2.24, 2.45) is 5.92 Å². The minimum absolute atomic E-state index is 0.185. The molecule has 2 nitrogen and oxygen atoms in total. The van der Waals surface area contributed by atoms with Crippen molar-refractivity contribution in [3.05, 3.63) is 35.4 Å². The average molecular weight is 253 g/mol. The Labute approximate surface area is 106 Å². The van der Waals surface area contributed by atoms with Gasteiger partial charge in [-0.1, -0.05) is 18.9 Å². The van der Waals surface area contributed by atoms with Crippen LogP contribution in [0.5, 0.6) is 0 Å². The lowest BCUT2D eigenvalue weighted by Crippen LogP contribution is -2.31. The van der Waals surface area contributed by atoms with Gasteiger partial charge in [-0.25, -0.2) is 8.78 Å². The standard InChI is InChI=1S/C14H17F2NO/c1-17(9-10-5-2-3-6-10)14(18)11-7-4-8-12(15)13(11)16/h4,7-8,10H,2-3,5-6,9H2,1H3. The second-order valence-electron chi connectivity index (χ2n) is 4.94. The van der Waals surface area contributed by atoms with E-state index in [1.807, 2.05) is 0 Å². The van der Waals surface area contributed by atoms with Crippen LogP contribution in [0.2, 0.25) is 0 Å². The number of amides is 1. The Balaban J connectivity index is 2.07. The van der Waals surface area contributed by atoms with Gasteiger partial charge in [0.05, 0.1) is 5.56 Å². The van der Waals surface area contributed by atoms with Crippen molar-refractivity contribution in [2.45, 2.75) is 25.7 Å². The van der Waals surface area contributed by atoms with Crippen LogP contribution in [0.25, 0.3) is 0 Å². The third-order valence-corrected chi connectivity index (χ3v) is 3.54. The molecule has 0 bridgehead atoms. The first-order chi connectivity index (χ1) is 8.59. The zero-order valence-corrected chi connectivity index (χ0v) is 10.5. The smallest absolute Gasteiger partial charge is 0.256 e. The molecular formula is C14H17F2NO. The van der Waals surface area contributed by atoms with Crippen LogP contribution in [0.15, 0.2) is 18.2 Å². The van der Waals surface area contributed by atoms with Crippen LogP contribution in [0.4, 0.5) is 8.78 Å². The Kier molecular flexibility index (Phi) is 3.94. The molecule has 4 heteroatoms. The van der Waals surface area contributed by atoms with E-state index in [0.29, 0.717) is 12.5 Å². The van der Waals surface area contributed by atoms with Gasteiger partial charge < -0.3 is 4.90 Å². The van der Waals surface area contributed by atoms with Crippen molar-refractivity contribution < 1.29 is 13.6 Å². The molecule has 0 saturated heterocycles. The molecule has 0 spiro atoms. The van der Waals surface area contributed by atoms with Gasteiger partial charge in [0.25, 0.3) is 5.91 Å². The molecule has 0 unspecified atom stereocenters. The Morgan fingerprint density at radius 2 is 2.00 bits per heavy atom. The fourth-order valence-electron chi connectivity index (χ4n) is 2.54. The number of carbonyl (C=O) groups is 1. The topological polar surface area (TPSA) is 20.3 Å². The van der Waals surface area contributed by atoms with Gasteiger partial charge in [0.1, 0.15) is 0 Å². The first-order valence-electron chi connectivity index (χ1n) is 6.29. The summed E-state index contributed by atoms with van der Waals surface area (Å²) in [5, 5.41) is 0. The molecule has 0 radical (unpaired) electrons. The zero-order valence-electron chi connectivity index (χ0n) is 10.5. The Morgan fingerprint density at radius 1 is 1.33 bits per heavy atom. The molecule has 0 N–H and O–H groups in total. The van der Waals surface area contributed by atoms with Gasteiger partial charge in [-0.2, -0.15) is 0 Å². The van der Waals surface area contributed by atoms with Crippen LogP contribution in [-0.4, -0.2) is 24.4 Å². The molecule has 1 aliphatic rings. The molecule has 0 heterocycles. The molecule has 1 fully saturated rings. The highest BCUT2D eigenvalue weighted by Gasteiger charge is 2.22. The average Bonchev–Trinajstić information content (AvgIpc) is 2.84. The third-order valence-electron chi connectivity index (χ3n) is 3.54. The van der Waals surface area contributed by atoms with E-state index in [2.05, 4.69) is 0 Å². The molecule has 1 aromatic rings. The van der Waals surface area contributed by atoms with Crippen LogP contribution in [0.1, 0.15) is 36.0 Å². The van der Waals surface area contributed by atoms with Crippen LogP contribution in [-0.2, 0) is 0 Å². The summed E-state index contributed by atoms with van der Waals surface area (Å²) in [6, 6.07) is 3.70. The zero-order chi connectivity index (χ0) is 13.1. The minimum atomic E-state index is -1.05. The summed E-state index contributed by atoms with van der Waals surface area (Å²) in [7, 11) is 1.64. The van der Waals surface area contributed by atoms with E-state index >= 15 is 0 Å². The van der Waals surface area contributed by atoms with Crippen molar-refractivity contribution in [3.63, 3.8) is 0 Å². The molecule has 18 heavy (non-hydrogen) atoms. The lowest BCUT2D eigenvalue weighted by molar-refractivity contribution is 0.0767. The normalized spacial score (nSPS) is 15.9. The second-order valence-corrected chi connectivity index (χ2v) is 4.94. The van der Waals surface area contributed by atoms with Gasteiger partial charge in [0, 0.05) is 13.6 Å². The number of benzene rings is 1. The summed E-state index contributed by atoms with van der Waals surface area (Å²) in [6.07, 6.45) is 4.62. The van der Waals surface area contributed by atoms with Crippen molar-refractivity contribution in [1.29, 1.82) is 0 Å². The molecule has 1 saturated carbocycles. The highest BCUT2D eigenvalue weighted by molar-refractivity contribution is 5.94. The molecule has 0 aromatic heterocycles. The summed E-state index contributed by atoms with van der Waals surface area (Å²) in [6.45, 7) is 0.620. The van der Waals surface area contributed by atoms with Gasteiger partial charge in [0.15, 0.2) is 11.6 Å². The van der Waals surface area contributed by atoms with E-state index in [4.69, 9.17) is 0 Å². The second kappa shape index (κ2) is 5.46. The maximum Gasteiger partial charge on any atom is 0.256 e. The Morgan fingerprint density at radius 3 is 2.67 bits per heavy atom. The summed E-state index contributed by atoms with van der Waals surface area (Å²) in [5.41, 5.74) is -0.185. The molecule has 1 aromatic carbocycles. The minimum Gasteiger partial charge on any atom is -0.341 e. The number of hydrogen-bond donors (Lipinski definition) is 0. The lowest BCUT2D eigenvalue weighted by Gasteiger charge is -2.21. The van der Waals surface area contributed by atoms with Gasteiger partial charge in [-0.15, -0.1) is 0 Å². The highest BCUT2D eigenvalue weighted by Crippen LogP contribution is 2.25. The first kappa shape index (κ1) is 13.0. The SMILES string of the molecule is CN(CC1CCCC1)C(=O)c1cccc(F)c1F. The highest BCUT2D eigenvalue weighted by atomic mass is 19.2. The van der Waals surface area contributed by atoms with E-state index in [1.165, 1.54) is 29.9 Å². The van der Waals surface area contributed by atoms with E-state index < -0.39 is 17.5 Å². The van der Waals surface area contributed by atoms with Crippen molar-refractivity contribution in [3.8, 4) is 0 Å². The van der Waals surface area contributed by atoms with Gasteiger partial charge in [0.2, 0.25) is 0 Å². The summed E-state index contributed by atoms with van der Waals surface area (Å²) in [5.74, 6) is -1.98. The lowest BCUT2D eigenvalue weighted by atomic mass is 10.1. The number of rotatable bonds is 3. The third kappa shape index (κ3) is 2.68.